The van der Waals surface area contributed by atoms with E-state index in [1.165, 1.54) is 6.42 Å². The Balaban J connectivity index is 1.40. The summed E-state index contributed by atoms with van der Waals surface area (Å²) in [5.41, 5.74) is 1.99. The quantitative estimate of drug-likeness (QED) is 0.761. The molecule has 3 fully saturated rings. The number of amides is 1. The first kappa shape index (κ1) is 17.6. The van der Waals surface area contributed by atoms with Crippen molar-refractivity contribution < 1.29 is 14.3 Å². The molecule has 1 heterocycles. The molecule has 2 aliphatic carbocycles. The predicted octanol–water partition coefficient (Wildman–Crippen LogP) is 4.18. The first-order chi connectivity index (χ1) is 12.3. The molecule has 2 saturated carbocycles. The molecule has 3 atom stereocenters. The van der Waals surface area contributed by atoms with Gasteiger partial charge in [-0.2, -0.15) is 0 Å². The molecule has 1 amide bonds. The number of esters is 1. The molecule has 4 rings (SSSR count). The standard InChI is InChI=1S/C22H29NO3/c1-21(2)17-10-11-22(21,3)18(13-17)26-20(25)16-8-6-15(7-9-16)14-23-12-4-5-19(23)24/h6-9,17-18H,4-5,10-14H2,1-3H3. The maximum Gasteiger partial charge on any atom is 0.338 e. The molecular formula is C22H29NO3. The van der Waals surface area contributed by atoms with Crippen LogP contribution in [0.3, 0.4) is 0 Å². The molecule has 0 N–H and O–H groups in total. The van der Waals surface area contributed by atoms with Crippen LogP contribution in [0.4, 0.5) is 0 Å². The molecule has 26 heavy (non-hydrogen) atoms. The summed E-state index contributed by atoms with van der Waals surface area (Å²) in [6, 6.07) is 7.54. The number of fused-ring (bicyclic) bond motifs is 2. The first-order valence-corrected chi connectivity index (χ1v) is 9.89. The van der Waals surface area contributed by atoms with E-state index in [4.69, 9.17) is 4.74 Å². The zero-order valence-corrected chi connectivity index (χ0v) is 16.1. The molecule has 3 unspecified atom stereocenters. The van der Waals surface area contributed by atoms with Crippen molar-refractivity contribution in [2.24, 2.45) is 16.7 Å². The molecule has 1 aromatic carbocycles. The van der Waals surface area contributed by atoms with Crippen LogP contribution in [0.5, 0.6) is 0 Å². The van der Waals surface area contributed by atoms with Gasteiger partial charge in [0.25, 0.3) is 0 Å². The number of hydrogen-bond acceptors (Lipinski definition) is 3. The monoisotopic (exact) mass is 355 g/mol. The summed E-state index contributed by atoms with van der Waals surface area (Å²) >= 11 is 0. The second-order valence-electron chi connectivity index (χ2n) is 9.12. The van der Waals surface area contributed by atoms with Gasteiger partial charge in [0.1, 0.15) is 6.10 Å². The summed E-state index contributed by atoms with van der Waals surface area (Å²) in [6.07, 6.45) is 5.01. The van der Waals surface area contributed by atoms with Crippen LogP contribution < -0.4 is 0 Å². The van der Waals surface area contributed by atoms with E-state index >= 15 is 0 Å². The predicted molar refractivity (Wildman–Crippen MR) is 99.5 cm³/mol. The molecule has 0 spiro atoms. The fourth-order valence-electron chi connectivity index (χ4n) is 5.34. The van der Waals surface area contributed by atoms with Crippen LogP contribution in [0.25, 0.3) is 0 Å². The second kappa shape index (κ2) is 6.11. The lowest BCUT2D eigenvalue weighted by Gasteiger charge is -2.38. The van der Waals surface area contributed by atoms with Crippen LogP contribution >= 0.6 is 0 Å². The van der Waals surface area contributed by atoms with Crippen molar-refractivity contribution in [3.63, 3.8) is 0 Å². The Hall–Kier alpha value is -1.84. The van der Waals surface area contributed by atoms with Gasteiger partial charge < -0.3 is 9.64 Å². The first-order valence-electron chi connectivity index (χ1n) is 9.89. The van der Waals surface area contributed by atoms with E-state index in [0.717, 1.165) is 31.4 Å². The van der Waals surface area contributed by atoms with Crippen molar-refractivity contribution in [1.29, 1.82) is 0 Å². The fourth-order valence-corrected chi connectivity index (χ4v) is 5.34. The Morgan fingerprint density at radius 2 is 1.96 bits per heavy atom. The maximum atomic E-state index is 12.7. The topological polar surface area (TPSA) is 46.6 Å². The number of benzene rings is 1. The third kappa shape index (κ3) is 2.65. The number of carbonyl (C=O) groups is 2. The molecule has 1 saturated heterocycles. The summed E-state index contributed by atoms with van der Waals surface area (Å²) in [4.78, 5) is 26.3. The third-order valence-electron chi connectivity index (χ3n) is 7.70. The van der Waals surface area contributed by atoms with Crippen LogP contribution in [0, 0.1) is 16.7 Å². The van der Waals surface area contributed by atoms with Gasteiger partial charge in [-0.05, 0) is 54.7 Å². The highest BCUT2D eigenvalue weighted by Crippen LogP contribution is 2.66. The molecule has 2 bridgehead atoms. The van der Waals surface area contributed by atoms with E-state index in [0.29, 0.717) is 24.4 Å². The average molecular weight is 355 g/mol. The van der Waals surface area contributed by atoms with E-state index in [1.54, 1.807) is 0 Å². The zero-order chi connectivity index (χ0) is 18.5. The van der Waals surface area contributed by atoms with Gasteiger partial charge in [-0.15, -0.1) is 0 Å². The van der Waals surface area contributed by atoms with Crippen molar-refractivity contribution in [3.05, 3.63) is 35.4 Å². The van der Waals surface area contributed by atoms with Crippen LogP contribution in [0.2, 0.25) is 0 Å². The van der Waals surface area contributed by atoms with E-state index in [-0.39, 0.29) is 28.8 Å². The minimum Gasteiger partial charge on any atom is -0.458 e. The summed E-state index contributed by atoms with van der Waals surface area (Å²) < 4.78 is 5.96. The lowest BCUT2D eigenvalue weighted by Crippen LogP contribution is -2.38. The van der Waals surface area contributed by atoms with Gasteiger partial charge in [0.2, 0.25) is 5.91 Å². The molecule has 3 aliphatic rings. The maximum absolute atomic E-state index is 12.7. The average Bonchev–Trinajstić information content (AvgIpc) is 3.16. The molecule has 0 radical (unpaired) electrons. The van der Waals surface area contributed by atoms with Gasteiger partial charge in [-0.3, -0.25) is 4.79 Å². The SMILES string of the molecule is CC1(C)C2CCC1(C)C(OC(=O)c1ccc(CN3CCCC3=O)cc1)C2. The molecule has 1 aromatic rings. The van der Waals surface area contributed by atoms with Crippen LogP contribution in [0.1, 0.15) is 68.8 Å². The number of hydrogen-bond donors (Lipinski definition) is 0. The molecular weight excluding hydrogens is 326 g/mol. The van der Waals surface area contributed by atoms with E-state index in [1.807, 2.05) is 29.2 Å². The van der Waals surface area contributed by atoms with Crippen molar-refractivity contribution in [2.45, 2.75) is 65.5 Å². The lowest BCUT2D eigenvalue weighted by atomic mass is 9.70. The lowest BCUT2D eigenvalue weighted by molar-refractivity contribution is -0.128. The zero-order valence-electron chi connectivity index (χ0n) is 16.1. The summed E-state index contributed by atoms with van der Waals surface area (Å²) in [5.74, 6) is 0.662. The van der Waals surface area contributed by atoms with Crippen molar-refractivity contribution in [3.8, 4) is 0 Å². The van der Waals surface area contributed by atoms with Crippen LogP contribution in [0.15, 0.2) is 24.3 Å². The highest BCUT2D eigenvalue weighted by molar-refractivity contribution is 5.89. The van der Waals surface area contributed by atoms with Gasteiger partial charge in [-0.25, -0.2) is 4.79 Å². The highest BCUT2D eigenvalue weighted by Gasteiger charge is 2.62. The second-order valence-corrected chi connectivity index (χ2v) is 9.12. The Morgan fingerprint density at radius 1 is 1.23 bits per heavy atom. The number of ether oxygens (including phenoxy) is 1. The normalized spacial score (nSPS) is 32.3. The van der Waals surface area contributed by atoms with Crippen LogP contribution in [-0.4, -0.2) is 29.4 Å². The summed E-state index contributed by atoms with van der Waals surface area (Å²) in [6.45, 7) is 8.40. The van der Waals surface area contributed by atoms with Crippen molar-refractivity contribution in [2.75, 3.05) is 6.54 Å². The Bertz CT molecular complexity index is 723. The fraction of sp³-hybridized carbons (Fsp3) is 0.636. The highest BCUT2D eigenvalue weighted by atomic mass is 16.5. The number of carbonyl (C=O) groups excluding carboxylic acids is 2. The van der Waals surface area contributed by atoms with E-state index < -0.39 is 0 Å². The molecule has 1 aliphatic heterocycles. The minimum atomic E-state index is -0.219. The molecule has 4 heteroatoms. The van der Waals surface area contributed by atoms with Gasteiger partial charge in [0.15, 0.2) is 0 Å². The third-order valence-corrected chi connectivity index (χ3v) is 7.70. The van der Waals surface area contributed by atoms with E-state index in [2.05, 4.69) is 20.8 Å². The smallest absolute Gasteiger partial charge is 0.338 e. The van der Waals surface area contributed by atoms with Gasteiger partial charge in [0, 0.05) is 24.9 Å². The molecule has 0 aromatic heterocycles. The number of rotatable bonds is 4. The van der Waals surface area contributed by atoms with E-state index in [9.17, 15) is 9.59 Å². The Kier molecular flexibility index (Phi) is 4.13. The number of likely N-dealkylation sites (tertiary alicyclic amines) is 1. The summed E-state index contributed by atoms with van der Waals surface area (Å²) in [7, 11) is 0. The van der Waals surface area contributed by atoms with Crippen molar-refractivity contribution in [1.82, 2.24) is 4.90 Å². The Labute approximate surface area is 155 Å². The largest absolute Gasteiger partial charge is 0.458 e. The van der Waals surface area contributed by atoms with Gasteiger partial charge in [-0.1, -0.05) is 32.9 Å². The minimum absolute atomic E-state index is 0.0191. The molecule has 140 valence electrons. The van der Waals surface area contributed by atoms with Crippen LogP contribution in [-0.2, 0) is 16.1 Å². The van der Waals surface area contributed by atoms with Gasteiger partial charge >= 0.3 is 5.97 Å². The summed E-state index contributed by atoms with van der Waals surface area (Å²) in [5, 5.41) is 0. The van der Waals surface area contributed by atoms with Gasteiger partial charge in [0.05, 0.1) is 5.56 Å². The molecule has 4 nitrogen and oxygen atoms in total. The number of nitrogens with zero attached hydrogens (tertiary/aromatic N) is 1. The van der Waals surface area contributed by atoms with Crippen molar-refractivity contribution >= 4 is 11.9 Å². The Morgan fingerprint density at radius 3 is 2.50 bits per heavy atom.